The maximum absolute atomic E-state index is 12.5. The highest BCUT2D eigenvalue weighted by atomic mass is 28.3. The second kappa shape index (κ2) is 9.42. The Kier molecular flexibility index (Phi) is 8.16. The predicted molar refractivity (Wildman–Crippen MR) is 103 cm³/mol. The number of amides is 1. The number of hydrogen-bond acceptors (Lipinski definition) is 5. The molecule has 1 heterocycles. The minimum absolute atomic E-state index is 0.169. The first-order valence-electron chi connectivity index (χ1n) is 9.22. The Morgan fingerprint density at radius 3 is 2.46 bits per heavy atom. The van der Waals surface area contributed by atoms with Crippen LogP contribution >= 0.6 is 0 Å². The third kappa shape index (κ3) is 8.24. The molecule has 0 aromatic heterocycles. The maximum Gasteiger partial charge on any atom is 0.410 e. The first kappa shape index (κ1) is 22.5. The van der Waals surface area contributed by atoms with E-state index < -0.39 is 25.7 Å². The molecule has 1 fully saturated rings. The molecule has 0 radical (unpaired) electrons. The molecule has 0 aromatic rings. The maximum atomic E-state index is 12.5. The summed E-state index contributed by atoms with van der Waals surface area (Å²) in [6.07, 6.45) is 0.742. The minimum atomic E-state index is -1.62. The summed E-state index contributed by atoms with van der Waals surface area (Å²) in [6.45, 7) is 14.4. The molecule has 7 heteroatoms. The van der Waals surface area contributed by atoms with Crippen molar-refractivity contribution in [1.82, 2.24) is 4.90 Å². The van der Waals surface area contributed by atoms with Gasteiger partial charge in [-0.25, -0.2) is 9.59 Å². The molecular weight excluding hydrogens is 350 g/mol. The van der Waals surface area contributed by atoms with E-state index in [0.29, 0.717) is 13.2 Å². The molecular formula is C19H33NO5Si. The van der Waals surface area contributed by atoms with Crippen molar-refractivity contribution in [2.75, 3.05) is 19.8 Å². The fourth-order valence-corrected chi connectivity index (χ4v) is 3.13. The van der Waals surface area contributed by atoms with Crippen LogP contribution in [-0.4, -0.2) is 62.5 Å². The van der Waals surface area contributed by atoms with Crippen LogP contribution in [0.15, 0.2) is 0 Å². The molecule has 1 unspecified atom stereocenters. The van der Waals surface area contributed by atoms with Gasteiger partial charge in [-0.05, 0) is 40.5 Å². The second-order valence-corrected chi connectivity index (χ2v) is 13.2. The number of carbonyl (C=O) groups excluding carboxylic acids is 2. The Morgan fingerprint density at radius 2 is 1.92 bits per heavy atom. The minimum Gasteiger partial charge on any atom is -0.464 e. The van der Waals surface area contributed by atoms with Crippen molar-refractivity contribution in [2.24, 2.45) is 0 Å². The highest BCUT2D eigenvalue weighted by Crippen LogP contribution is 2.24. The average Bonchev–Trinajstić information content (AvgIpc) is 2.94. The molecule has 26 heavy (non-hydrogen) atoms. The fraction of sp³-hybridized carbons (Fsp3) is 0.789. The molecule has 0 aliphatic carbocycles. The zero-order valence-corrected chi connectivity index (χ0v) is 18.2. The number of rotatable bonds is 5. The summed E-state index contributed by atoms with van der Waals surface area (Å²) in [7, 11) is -1.62. The van der Waals surface area contributed by atoms with E-state index in [1.54, 1.807) is 11.8 Å². The van der Waals surface area contributed by atoms with Crippen molar-refractivity contribution in [3.8, 4) is 11.5 Å². The van der Waals surface area contributed by atoms with Gasteiger partial charge >= 0.3 is 12.1 Å². The van der Waals surface area contributed by atoms with Crippen molar-refractivity contribution >= 4 is 20.1 Å². The molecule has 0 bridgehead atoms. The van der Waals surface area contributed by atoms with E-state index >= 15 is 0 Å². The van der Waals surface area contributed by atoms with Crippen LogP contribution < -0.4 is 0 Å². The number of esters is 1. The first-order chi connectivity index (χ1) is 11.9. The van der Waals surface area contributed by atoms with Crippen LogP contribution in [-0.2, 0) is 19.0 Å². The zero-order chi connectivity index (χ0) is 20.0. The summed E-state index contributed by atoms with van der Waals surface area (Å²) >= 11 is 0. The fourth-order valence-electron chi connectivity index (χ4n) is 2.55. The molecule has 0 aromatic carbocycles. The Hall–Kier alpha value is -1.52. The molecule has 1 saturated heterocycles. The Morgan fingerprint density at radius 1 is 1.27 bits per heavy atom. The van der Waals surface area contributed by atoms with Crippen molar-refractivity contribution in [2.45, 2.75) is 77.9 Å². The van der Waals surface area contributed by atoms with Crippen LogP contribution in [0.1, 0.15) is 40.5 Å². The monoisotopic (exact) mass is 383 g/mol. The Labute approximate surface area is 158 Å². The summed E-state index contributed by atoms with van der Waals surface area (Å²) in [6, 6.07) is -0.219. The summed E-state index contributed by atoms with van der Waals surface area (Å²) in [5, 5.41) is 0. The summed E-state index contributed by atoms with van der Waals surface area (Å²) in [4.78, 5) is 25.9. The number of nitrogens with zero attached hydrogens (tertiary/aromatic N) is 1. The quantitative estimate of drug-likeness (QED) is 0.414. The van der Waals surface area contributed by atoms with Gasteiger partial charge in [0.2, 0.25) is 0 Å². The van der Waals surface area contributed by atoms with Crippen molar-refractivity contribution < 1.29 is 23.8 Å². The lowest BCUT2D eigenvalue weighted by Crippen LogP contribution is -2.46. The molecule has 1 aliphatic rings. The Balaban J connectivity index is 2.93. The van der Waals surface area contributed by atoms with Crippen LogP contribution in [0.4, 0.5) is 4.79 Å². The number of likely N-dealkylation sites (tertiary alicyclic amines) is 1. The van der Waals surface area contributed by atoms with E-state index in [1.807, 2.05) is 20.8 Å². The largest absolute Gasteiger partial charge is 0.464 e. The van der Waals surface area contributed by atoms with Gasteiger partial charge in [0.05, 0.1) is 12.6 Å². The van der Waals surface area contributed by atoms with Crippen molar-refractivity contribution in [1.29, 1.82) is 0 Å². The smallest absolute Gasteiger partial charge is 0.410 e. The molecule has 148 valence electrons. The van der Waals surface area contributed by atoms with Crippen molar-refractivity contribution in [3.05, 3.63) is 0 Å². The van der Waals surface area contributed by atoms with Gasteiger partial charge in [0.25, 0.3) is 0 Å². The third-order valence-electron chi connectivity index (χ3n) is 3.55. The number of ether oxygens (including phenoxy) is 3. The van der Waals surface area contributed by atoms with Crippen molar-refractivity contribution in [3.63, 3.8) is 0 Å². The average molecular weight is 384 g/mol. The highest BCUT2D eigenvalue weighted by Gasteiger charge is 2.37. The van der Waals surface area contributed by atoms with E-state index in [4.69, 9.17) is 14.2 Å². The van der Waals surface area contributed by atoms with Gasteiger partial charge in [-0.2, -0.15) is 0 Å². The van der Waals surface area contributed by atoms with Crippen LogP contribution in [0.5, 0.6) is 0 Å². The standard InChI is InChI=1S/C19H33NO5Si/c1-8-23-17(21)14-24-16(11-13-26(5,6)7)15-10-9-12-20(15)18(22)25-19(2,3)4/h15-16H,8-10,12,14H2,1-7H3/t15-,16?/m0/s1. The Bertz CT molecular complexity index is 553. The predicted octanol–water partition coefficient (Wildman–Crippen LogP) is 3.22. The van der Waals surface area contributed by atoms with Gasteiger partial charge in [0, 0.05) is 6.54 Å². The van der Waals surface area contributed by atoms with E-state index in [0.717, 1.165) is 12.8 Å². The summed E-state index contributed by atoms with van der Waals surface area (Å²) in [5.74, 6) is 2.76. The SMILES string of the molecule is CCOC(=O)COC(C#C[Si](C)(C)C)[C@@H]1CCCN1C(=O)OC(C)(C)C. The molecule has 6 nitrogen and oxygen atoms in total. The lowest BCUT2D eigenvalue weighted by molar-refractivity contribution is -0.150. The van der Waals surface area contributed by atoms with Crippen LogP contribution in [0.3, 0.4) is 0 Å². The van der Waals surface area contributed by atoms with Gasteiger partial charge in [0.15, 0.2) is 0 Å². The second-order valence-electron chi connectivity index (χ2n) is 8.44. The van der Waals surface area contributed by atoms with Gasteiger partial charge in [0.1, 0.15) is 26.4 Å². The van der Waals surface area contributed by atoms with E-state index in [1.165, 1.54) is 0 Å². The van der Waals surface area contributed by atoms with Gasteiger partial charge in [-0.1, -0.05) is 25.6 Å². The molecule has 2 atom stereocenters. The van der Waals surface area contributed by atoms with Gasteiger partial charge in [-0.15, -0.1) is 5.54 Å². The molecule has 1 amide bonds. The molecule has 0 spiro atoms. The number of carbonyl (C=O) groups is 2. The topological polar surface area (TPSA) is 65.1 Å². The molecule has 0 N–H and O–H groups in total. The number of hydrogen-bond donors (Lipinski definition) is 0. The van der Waals surface area contributed by atoms with E-state index in [2.05, 4.69) is 31.1 Å². The summed E-state index contributed by atoms with van der Waals surface area (Å²) < 4.78 is 16.2. The summed E-state index contributed by atoms with van der Waals surface area (Å²) in [5.41, 5.74) is 2.74. The zero-order valence-electron chi connectivity index (χ0n) is 17.2. The van der Waals surface area contributed by atoms with Gasteiger partial charge in [-0.3, -0.25) is 0 Å². The molecule has 1 aliphatic heterocycles. The van der Waals surface area contributed by atoms with E-state index in [-0.39, 0.29) is 18.7 Å². The molecule has 1 rings (SSSR count). The van der Waals surface area contributed by atoms with Gasteiger partial charge < -0.3 is 19.1 Å². The lowest BCUT2D eigenvalue weighted by Gasteiger charge is -2.31. The normalized spacial score (nSPS) is 18.7. The van der Waals surface area contributed by atoms with Crippen LogP contribution in [0, 0.1) is 11.5 Å². The van der Waals surface area contributed by atoms with E-state index in [9.17, 15) is 9.59 Å². The van der Waals surface area contributed by atoms with Crippen LogP contribution in [0.2, 0.25) is 19.6 Å². The van der Waals surface area contributed by atoms with Crippen LogP contribution in [0.25, 0.3) is 0 Å². The first-order valence-corrected chi connectivity index (χ1v) is 12.7. The molecule has 0 saturated carbocycles. The third-order valence-corrected chi connectivity index (χ3v) is 4.45. The highest BCUT2D eigenvalue weighted by molar-refractivity contribution is 6.83. The lowest BCUT2D eigenvalue weighted by atomic mass is 10.1.